The van der Waals surface area contributed by atoms with Gasteiger partial charge in [-0.15, -0.1) is 0 Å². The van der Waals surface area contributed by atoms with Crippen molar-refractivity contribution in [1.29, 1.82) is 0 Å². The summed E-state index contributed by atoms with van der Waals surface area (Å²) in [5.74, 6) is 0.473. The highest BCUT2D eigenvalue weighted by Crippen LogP contribution is 2.23. The predicted octanol–water partition coefficient (Wildman–Crippen LogP) is 0.687. The van der Waals surface area contributed by atoms with Crippen molar-refractivity contribution in [1.82, 2.24) is 4.90 Å². The third-order valence-electron chi connectivity index (χ3n) is 3.13. The van der Waals surface area contributed by atoms with Crippen molar-refractivity contribution in [3.05, 3.63) is 28.4 Å². The number of carbonyl (C=O) groups is 1. The Hall–Kier alpha value is -2.38. The highest BCUT2D eigenvalue weighted by molar-refractivity contribution is 5.68. The fourth-order valence-electron chi connectivity index (χ4n) is 2.15. The first-order chi connectivity index (χ1) is 9.63. The van der Waals surface area contributed by atoms with Crippen LogP contribution in [0.1, 0.15) is 6.92 Å². The standard InChI is InChI=1S/C12H16N4O4/c1-2-20-12(17)15-8-6-14(7-9-15)11-10(16(18)19)4-3-5-13-11/h3-5H,2,6-9H2,1H3/p+1. The van der Waals surface area contributed by atoms with Crippen LogP contribution in [0.4, 0.5) is 16.3 Å². The summed E-state index contributed by atoms with van der Waals surface area (Å²) in [4.78, 5) is 28.6. The van der Waals surface area contributed by atoms with Gasteiger partial charge in [-0.05, 0) is 13.0 Å². The smallest absolute Gasteiger partial charge is 0.410 e. The molecule has 0 saturated carbocycles. The second kappa shape index (κ2) is 6.18. The normalized spacial score (nSPS) is 15.1. The molecule has 8 heteroatoms. The maximum absolute atomic E-state index is 11.6. The van der Waals surface area contributed by atoms with Gasteiger partial charge in [0, 0.05) is 6.07 Å². The van der Waals surface area contributed by atoms with Crippen LogP contribution in [-0.2, 0) is 4.74 Å². The number of rotatable bonds is 3. The second-order valence-corrected chi connectivity index (χ2v) is 4.33. The zero-order valence-corrected chi connectivity index (χ0v) is 11.2. The fraction of sp³-hybridized carbons (Fsp3) is 0.500. The van der Waals surface area contributed by atoms with Crippen LogP contribution in [0.3, 0.4) is 0 Å². The van der Waals surface area contributed by atoms with Crippen molar-refractivity contribution < 1.29 is 19.4 Å². The van der Waals surface area contributed by atoms with Gasteiger partial charge in [-0.2, -0.15) is 0 Å². The average Bonchev–Trinajstić information content (AvgIpc) is 2.47. The Labute approximate surface area is 116 Å². The van der Waals surface area contributed by atoms with Gasteiger partial charge in [0.1, 0.15) is 13.1 Å². The number of nitrogens with one attached hydrogen (secondary N) is 1. The molecular formula is C12H17N4O4+. The molecule has 108 valence electrons. The first-order valence-corrected chi connectivity index (χ1v) is 6.45. The number of aromatic amines is 1. The Morgan fingerprint density at radius 3 is 2.75 bits per heavy atom. The topological polar surface area (TPSA) is 90.1 Å². The number of H-pyrrole nitrogens is 1. The molecular weight excluding hydrogens is 264 g/mol. The van der Waals surface area contributed by atoms with Gasteiger partial charge in [-0.3, -0.25) is 15.0 Å². The number of hydrogen-bond donors (Lipinski definition) is 0. The molecule has 1 aliphatic heterocycles. The summed E-state index contributed by atoms with van der Waals surface area (Å²) in [5, 5.41) is 11.0. The number of nitrogens with zero attached hydrogens (tertiary/aromatic N) is 3. The molecule has 1 N–H and O–H groups in total. The molecule has 8 nitrogen and oxygen atoms in total. The molecule has 0 radical (unpaired) electrons. The first kappa shape index (κ1) is 14.0. The SMILES string of the molecule is CCOC(=O)N1CCN(c2[nH+]cccc2[N+](=O)[O-])CC1. The zero-order chi connectivity index (χ0) is 14.5. The van der Waals surface area contributed by atoms with E-state index in [4.69, 9.17) is 4.74 Å². The van der Waals surface area contributed by atoms with Gasteiger partial charge in [0.15, 0.2) is 0 Å². The highest BCUT2D eigenvalue weighted by Gasteiger charge is 2.32. The molecule has 0 aromatic carbocycles. The molecule has 1 aliphatic rings. The van der Waals surface area contributed by atoms with Gasteiger partial charge >= 0.3 is 17.6 Å². The third kappa shape index (κ3) is 2.95. The predicted molar refractivity (Wildman–Crippen MR) is 70.5 cm³/mol. The minimum Gasteiger partial charge on any atom is -0.450 e. The van der Waals surface area contributed by atoms with Gasteiger partial charge in [0.25, 0.3) is 0 Å². The van der Waals surface area contributed by atoms with E-state index < -0.39 is 4.92 Å². The summed E-state index contributed by atoms with van der Waals surface area (Å²) in [7, 11) is 0. The van der Waals surface area contributed by atoms with E-state index in [0.717, 1.165) is 0 Å². The molecule has 0 unspecified atom stereocenters. The van der Waals surface area contributed by atoms with Crippen molar-refractivity contribution in [3.8, 4) is 0 Å². The lowest BCUT2D eigenvalue weighted by Gasteiger charge is -2.29. The number of carbonyl (C=O) groups excluding carboxylic acids is 1. The molecule has 1 saturated heterocycles. The van der Waals surface area contributed by atoms with E-state index in [1.54, 1.807) is 24.1 Å². The summed E-state index contributed by atoms with van der Waals surface area (Å²) in [6.45, 7) is 4.13. The van der Waals surface area contributed by atoms with E-state index in [1.165, 1.54) is 6.07 Å². The Morgan fingerprint density at radius 1 is 1.45 bits per heavy atom. The molecule has 2 rings (SSSR count). The number of nitro groups is 1. The molecule has 2 heterocycles. The number of piperazine rings is 1. The Kier molecular flexibility index (Phi) is 4.34. The van der Waals surface area contributed by atoms with Crippen molar-refractivity contribution in [2.75, 3.05) is 37.7 Å². The van der Waals surface area contributed by atoms with Crippen LogP contribution in [0.2, 0.25) is 0 Å². The highest BCUT2D eigenvalue weighted by atomic mass is 16.6. The Morgan fingerprint density at radius 2 is 2.15 bits per heavy atom. The van der Waals surface area contributed by atoms with Crippen LogP contribution < -0.4 is 9.88 Å². The number of anilines is 1. The molecule has 1 aromatic rings. The summed E-state index contributed by atoms with van der Waals surface area (Å²) in [6, 6.07) is 3.06. The Bertz CT molecular complexity index is 500. The van der Waals surface area contributed by atoms with Gasteiger partial charge in [-0.25, -0.2) is 9.78 Å². The monoisotopic (exact) mass is 281 g/mol. The third-order valence-corrected chi connectivity index (χ3v) is 3.13. The van der Waals surface area contributed by atoms with Crippen molar-refractivity contribution in [2.45, 2.75) is 6.92 Å². The van der Waals surface area contributed by atoms with Gasteiger partial charge < -0.3 is 9.64 Å². The van der Waals surface area contributed by atoms with E-state index in [9.17, 15) is 14.9 Å². The number of amides is 1. The first-order valence-electron chi connectivity index (χ1n) is 6.45. The summed E-state index contributed by atoms with van der Waals surface area (Å²) >= 11 is 0. The van der Waals surface area contributed by atoms with E-state index >= 15 is 0 Å². The van der Waals surface area contributed by atoms with E-state index in [-0.39, 0.29) is 11.8 Å². The van der Waals surface area contributed by atoms with E-state index in [0.29, 0.717) is 38.6 Å². The number of ether oxygens (including phenoxy) is 1. The van der Waals surface area contributed by atoms with Crippen LogP contribution in [0.25, 0.3) is 0 Å². The van der Waals surface area contributed by atoms with Crippen LogP contribution in [0, 0.1) is 10.1 Å². The minimum absolute atomic E-state index is 0.0390. The van der Waals surface area contributed by atoms with Gasteiger partial charge in [-0.1, -0.05) is 0 Å². The summed E-state index contributed by atoms with van der Waals surface area (Å²) in [5.41, 5.74) is 0.0390. The summed E-state index contributed by atoms with van der Waals surface area (Å²) in [6.07, 6.45) is 1.32. The lowest BCUT2D eigenvalue weighted by Crippen LogP contribution is -2.50. The summed E-state index contributed by atoms with van der Waals surface area (Å²) < 4.78 is 4.94. The molecule has 20 heavy (non-hydrogen) atoms. The van der Waals surface area contributed by atoms with Gasteiger partial charge in [0.2, 0.25) is 0 Å². The maximum atomic E-state index is 11.6. The molecule has 0 atom stereocenters. The molecule has 0 spiro atoms. The number of hydrogen-bond acceptors (Lipinski definition) is 5. The molecule has 1 aromatic heterocycles. The largest absolute Gasteiger partial charge is 0.450 e. The maximum Gasteiger partial charge on any atom is 0.410 e. The fourth-order valence-corrected chi connectivity index (χ4v) is 2.15. The van der Waals surface area contributed by atoms with Gasteiger partial charge in [0.05, 0.1) is 30.8 Å². The number of aromatic nitrogens is 1. The van der Waals surface area contributed by atoms with E-state index in [1.807, 2.05) is 4.90 Å². The van der Waals surface area contributed by atoms with Crippen LogP contribution in [0.5, 0.6) is 0 Å². The molecule has 0 bridgehead atoms. The van der Waals surface area contributed by atoms with Crippen molar-refractivity contribution in [3.63, 3.8) is 0 Å². The lowest BCUT2D eigenvalue weighted by atomic mass is 10.3. The molecule has 1 amide bonds. The Balaban J connectivity index is 2.04. The van der Waals surface area contributed by atoms with Crippen molar-refractivity contribution in [2.24, 2.45) is 0 Å². The van der Waals surface area contributed by atoms with Crippen LogP contribution in [0.15, 0.2) is 18.3 Å². The lowest BCUT2D eigenvalue weighted by molar-refractivity contribution is -0.411. The minimum atomic E-state index is -0.413. The quantitative estimate of drug-likeness (QED) is 0.600. The van der Waals surface area contributed by atoms with Crippen LogP contribution in [-0.4, -0.2) is 48.7 Å². The van der Waals surface area contributed by atoms with Crippen molar-refractivity contribution >= 4 is 17.6 Å². The van der Waals surface area contributed by atoms with E-state index in [2.05, 4.69) is 4.98 Å². The molecule has 1 fully saturated rings. The zero-order valence-electron chi connectivity index (χ0n) is 11.2. The number of pyridine rings is 1. The van der Waals surface area contributed by atoms with Crippen LogP contribution >= 0.6 is 0 Å². The molecule has 0 aliphatic carbocycles. The second-order valence-electron chi connectivity index (χ2n) is 4.33. The average molecular weight is 281 g/mol.